The Morgan fingerprint density at radius 2 is 1.34 bits per heavy atom. The van der Waals surface area contributed by atoms with Crippen LogP contribution >= 0.6 is 0 Å². The van der Waals surface area contributed by atoms with Gasteiger partial charge in [0.05, 0.1) is 13.2 Å². The maximum Gasteiger partial charge on any atom is 0.355 e. The van der Waals surface area contributed by atoms with E-state index in [1.807, 2.05) is 60.7 Å². The summed E-state index contributed by atoms with van der Waals surface area (Å²) < 4.78 is 17.2. The minimum absolute atomic E-state index is 0.108. The highest BCUT2D eigenvalue weighted by Gasteiger charge is 2.22. The summed E-state index contributed by atoms with van der Waals surface area (Å²) in [6.45, 7) is 4.00. The van der Waals surface area contributed by atoms with Crippen LogP contribution in [0.15, 0.2) is 84.6 Å². The van der Waals surface area contributed by atoms with Gasteiger partial charge in [-0.3, -0.25) is 0 Å². The first kappa shape index (κ1) is 25.3. The second kappa shape index (κ2) is 12.8. The first-order chi connectivity index (χ1) is 17.0. The Labute approximate surface area is 204 Å². The first-order valence-corrected chi connectivity index (χ1v) is 11.3. The predicted molar refractivity (Wildman–Crippen MR) is 131 cm³/mol. The lowest BCUT2D eigenvalue weighted by Gasteiger charge is -2.14. The Morgan fingerprint density at radius 1 is 0.771 bits per heavy atom. The molecule has 3 rings (SSSR count). The molecule has 0 atom stereocenters. The molecule has 0 radical (unpaired) electrons. The van der Waals surface area contributed by atoms with E-state index in [1.165, 1.54) is 6.20 Å². The molecule has 8 nitrogen and oxygen atoms in total. The standard InChI is InChI=1S/C27H28N2O6/c1-3-33-25(30)22(26(31)34-4-2)17-28-24-16-15-23(29(24)18-20-11-7-5-8-12-20)27(32)35-19-21-13-9-6-10-14-21/h5-17,28H,3-4,18-19H2,1-2H3. The van der Waals surface area contributed by atoms with Gasteiger partial charge in [-0.25, -0.2) is 14.4 Å². The summed E-state index contributed by atoms with van der Waals surface area (Å²) in [6.07, 6.45) is 1.23. The van der Waals surface area contributed by atoms with Crippen LogP contribution in [0.3, 0.4) is 0 Å². The second-order valence-corrected chi connectivity index (χ2v) is 7.38. The summed E-state index contributed by atoms with van der Waals surface area (Å²) in [5, 5.41) is 2.95. The predicted octanol–water partition coefficient (Wildman–Crippen LogP) is 4.32. The number of esters is 3. The largest absolute Gasteiger partial charge is 0.462 e. The van der Waals surface area contributed by atoms with Gasteiger partial charge in [0, 0.05) is 12.7 Å². The SMILES string of the molecule is CCOC(=O)C(=CNc1ccc(C(=O)OCc2ccccc2)n1Cc1ccccc1)C(=O)OCC. The van der Waals surface area contributed by atoms with Crippen LogP contribution in [0.5, 0.6) is 0 Å². The molecule has 0 spiro atoms. The molecule has 0 amide bonds. The summed E-state index contributed by atoms with van der Waals surface area (Å²) in [6, 6.07) is 22.3. The van der Waals surface area contributed by atoms with Crippen LogP contribution in [0, 0.1) is 0 Å². The zero-order chi connectivity index (χ0) is 25.0. The Kier molecular flexibility index (Phi) is 9.24. The maximum atomic E-state index is 12.9. The van der Waals surface area contributed by atoms with Crippen molar-refractivity contribution in [2.24, 2.45) is 0 Å². The summed E-state index contributed by atoms with van der Waals surface area (Å²) in [5.41, 5.74) is 1.85. The lowest BCUT2D eigenvalue weighted by molar-refractivity contribution is -0.146. The molecule has 0 saturated heterocycles. The molecule has 0 unspecified atom stereocenters. The first-order valence-electron chi connectivity index (χ1n) is 11.3. The van der Waals surface area contributed by atoms with Gasteiger partial charge in [0.15, 0.2) is 5.57 Å². The second-order valence-electron chi connectivity index (χ2n) is 7.38. The number of hydrogen-bond acceptors (Lipinski definition) is 7. The maximum absolute atomic E-state index is 12.9. The molecule has 2 aromatic carbocycles. The lowest BCUT2D eigenvalue weighted by atomic mass is 10.2. The Bertz CT molecular complexity index is 1150. The topological polar surface area (TPSA) is 95.9 Å². The molecule has 1 aromatic heterocycles. The van der Waals surface area contributed by atoms with Crippen molar-refractivity contribution < 1.29 is 28.6 Å². The number of benzene rings is 2. The van der Waals surface area contributed by atoms with E-state index in [0.717, 1.165) is 11.1 Å². The van der Waals surface area contributed by atoms with E-state index in [-0.39, 0.29) is 25.4 Å². The number of hydrogen-bond donors (Lipinski definition) is 1. The summed E-state index contributed by atoms with van der Waals surface area (Å²) in [7, 11) is 0. The smallest absolute Gasteiger partial charge is 0.355 e. The molecule has 0 aliphatic rings. The average molecular weight is 477 g/mol. The summed E-state index contributed by atoms with van der Waals surface area (Å²) in [5.74, 6) is -1.63. The zero-order valence-corrected chi connectivity index (χ0v) is 19.7. The van der Waals surface area contributed by atoms with Crippen molar-refractivity contribution in [1.29, 1.82) is 0 Å². The van der Waals surface area contributed by atoms with E-state index in [4.69, 9.17) is 14.2 Å². The van der Waals surface area contributed by atoms with E-state index >= 15 is 0 Å². The van der Waals surface area contributed by atoms with Gasteiger partial charge in [-0.1, -0.05) is 60.7 Å². The van der Waals surface area contributed by atoms with E-state index in [0.29, 0.717) is 18.1 Å². The van der Waals surface area contributed by atoms with Crippen molar-refractivity contribution in [1.82, 2.24) is 4.57 Å². The summed E-state index contributed by atoms with van der Waals surface area (Å²) in [4.78, 5) is 37.5. The number of nitrogens with one attached hydrogen (secondary N) is 1. The molecule has 8 heteroatoms. The highest BCUT2D eigenvalue weighted by Crippen LogP contribution is 2.20. The third-order valence-electron chi connectivity index (χ3n) is 4.94. The lowest BCUT2D eigenvalue weighted by Crippen LogP contribution is -2.20. The van der Waals surface area contributed by atoms with Crippen LogP contribution in [0.1, 0.15) is 35.5 Å². The Balaban J connectivity index is 1.88. The van der Waals surface area contributed by atoms with Crippen LogP contribution in [-0.2, 0) is 37.0 Å². The van der Waals surface area contributed by atoms with Gasteiger partial charge in [0.2, 0.25) is 0 Å². The number of anilines is 1. The van der Waals surface area contributed by atoms with Crippen molar-refractivity contribution >= 4 is 23.7 Å². The van der Waals surface area contributed by atoms with Crippen molar-refractivity contribution in [2.45, 2.75) is 27.0 Å². The van der Waals surface area contributed by atoms with Crippen LogP contribution in [-0.4, -0.2) is 35.7 Å². The number of aromatic nitrogens is 1. The molecule has 182 valence electrons. The fourth-order valence-corrected chi connectivity index (χ4v) is 3.27. The number of carbonyl (C=O) groups excluding carboxylic acids is 3. The third-order valence-corrected chi connectivity index (χ3v) is 4.94. The quantitative estimate of drug-likeness (QED) is 0.145. The van der Waals surface area contributed by atoms with Crippen molar-refractivity contribution in [3.8, 4) is 0 Å². The zero-order valence-electron chi connectivity index (χ0n) is 19.7. The van der Waals surface area contributed by atoms with E-state index in [9.17, 15) is 14.4 Å². The molecule has 3 aromatic rings. The Hall–Kier alpha value is -4.33. The molecule has 1 heterocycles. The van der Waals surface area contributed by atoms with Gasteiger partial charge in [0.1, 0.15) is 18.1 Å². The van der Waals surface area contributed by atoms with Crippen molar-refractivity contribution in [2.75, 3.05) is 18.5 Å². The fourth-order valence-electron chi connectivity index (χ4n) is 3.27. The van der Waals surface area contributed by atoms with Gasteiger partial charge in [-0.05, 0) is 37.1 Å². The molecule has 1 N–H and O–H groups in total. The van der Waals surface area contributed by atoms with E-state index in [1.54, 1.807) is 30.5 Å². The molecule has 0 fully saturated rings. The van der Waals surface area contributed by atoms with E-state index < -0.39 is 17.9 Å². The van der Waals surface area contributed by atoms with Gasteiger partial charge >= 0.3 is 17.9 Å². The third kappa shape index (κ3) is 7.07. The normalized spacial score (nSPS) is 10.2. The van der Waals surface area contributed by atoms with Gasteiger partial charge in [-0.15, -0.1) is 0 Å². The van der Waals surface area contributed by atoms with Crippen molar-refractivity contribution in [3.05, 3.63) is 101 Å². The van der Waals surface area contributed by atoms with Crippen LogP contribution in [0.4, 0.5) is 5.82 Å². The van der Waals surface area contributed by atoms with Crippen LogP contribution in [0.2, 0.25) is 0 Å². The van der Waals surface area contributed by atoms with E-state index in [2.05, 4.69) is 5.32 Å². The minimum Gasteiger partial charge on any atom is -0.462 e. The Morgan fingerprint density at radius 3 is 1.91 bits per heavy atom. The van der Waals surface area contributed by atoms with Crippen LogP contribution < -0.4 is 5.32 Å². The molecular formula is C27H28N2O6. The highest BCUT2D eigenvalue weighted by atomic mass is 16.6. The van der Waals surface area contributed by atoms with Gasteiger partial charge < -0.3 is 24.1 Å². The number of nitrogens with zero attached hydrogens (tertiary/aromatic N) is 1. The van der Waals surface area contributed by atoms with Crippen molar-refractivity contribution in [3.63, 3.8) is 0 Å². The monoisotopic (exact) mass is 476 g/mol. The van der Waals surface area contributed by atoms with Crippen LogP contribution in [0.25, 0.3) is 0 Å². The van der Waals surface area contributed by atoms with Gasteiger partial charge in [0.25, 0.3) is 0 Å². The number of carbonyl (C=O) groups is 3. The average Bonchev–Trinajstić information content (AvgIpc) is 3.26. The highest BCUT2D eigenvalue weighted by molar-refractivity contribution is 6.14. The molecule has 0 bridgehead atoms. The molecule has 0 saturated carbocycles. The fraction of sp³-hybridized carbons (Fsp3) is 0.222. The molecule has 0 aliphatic carbocycles. The molecule has 35 heavy (non-hydrogen) atoms. The minimum atomic E-state index is -0.804. The summed E-state index contributed by atoms with van der Waals surface area (Å²) >= 11 is 0. The number of rotatable bonds is 11. The molecular weight excluding hydrogens is 448 g/mol. The molecule has 0 aliphatic heterocycles. The number of ether oxygens (including phenoxy) is 3. The van der Waals surface area contributed by atoms with Gasteiger partial charge in [-0.2, -0.15) is 0 Å².